The van der Waals surface area contributed by atoms with Crippen LogP contribution in [0.2, 0.25) is 10.0 Å². The summed E-state index contributed by atoms with van der Waals surface area (Å²) in [6.07, 6.45) is 0.303. The average Bonchev–Trinajstić information content (AvgIpc) is 3.14. The summed E-state index contributed by atoms with van der Waals surface area (Å²) in [6.45, 7) is 5.09. The highest BCUT2D eigenvalue weighted by molar-refractivity contribution is 6.42. The van der Waals surface area contributed by atoms with Gasteiger partial charge in [0.05, 0.1) is 16.1 Å². The molecule has 4 rings (SSSR count). The molecule has 25 heavy (non-hydrogen) atoms. The van der Waals surface area contributed by atoms with E-state index in [0.29, 0.717) is 22.2 Å². The van der Waals surface area contributed by atoms with E-state index in [1.807, 2.05) is 0 Å². The van der Waals surface area contributed by atoms with E-state index in [-0.39, 0.29) is 29.9 Å². The van der Waals surface area contributed by atoms with Crippen LogP contribution in [0.1, 0.15) is 17.9 Å². The Morgan fingerprint density at radius 2 is 2.04 bits per heavy atom. The van der Waals surface area contributed by atoms with E-state index >= 15 is 0 Å². The van der Waals surface area contributed by atoms with Crippen molar-refractivity contribution in [2.75, 3.05) is 39.3 Å². The first-order valence-corrected chi connectivity index (χ1v) is 9.37. The first-order valence-electron chi connectivity index (χ1n) is 8.62. The van der Waals surface area contributed by atoms with Crippen molar-refractivity contribution >= 4 is 29.3 Å². The van der Waals surface area contributed by atoms with Crippen molar-refractivity contribution in [2.45, 2.75) is 24.5 Å². The summed E-state index contributed by atoms with van der Waals surface area (Å²) in [5.41, 5.74) is 0.636. The first-order chi connectivity index (χ1) is 12.0. The monoisotopic (exact) mass is 385 g/mol. The highest BCUT2D eigenvalue weighted by Crippen LogP contribution is 2.45. The van der Waals surface area contributed by atoms with Crippen LogP contribution in [0.3, 0.4) is 0 Å². The second-order valence-electron chi connectivity index (χ2n) is 6.92. The lowest BCUT2D eigenvalue weighted by Crippen LogP contribution is -2.48. The fourth-order valence-corrected chi connectivity index (χ4v) is 4.64. The molecule has 1 aromatic carbocycles. The van der Waals surface area contributed by atoms with Crippen molar-refractivity contribution in [3.8, 4) is 5.75 Å². The number of amides is 1. The van der Waals surface area contributed by atoms with Crippen LogP contribution in [0.15, 0.2) is 12.1 Å². The fraction of sp³-hybridized carbons (Fsp3) is 0.588. The second-order valence-corrected chi connectivity index (χ2v) is 7.70. The number of benzene rings is 1. The number of ether oxygens (including phenoxy) is 1. The SMILES string of the molecule is O=C1OC(CN2CCNCC2)[C@@H]2C[C@H](c3c(O)ccc(Cl)c3Cl)CN12. The molecule has 1 amide bonds. The van der Waals surface area contributed by atoms with Crippen LogP contribution in [-0.4, -0.2) is 72.4 Å². The second kappa shape index (κ2) is 6.83. The van der Waals surface area contributed by atoms with Gasteiger partial charge in [-0.3, -0.25) is 4.90 Å². The number of fused-ring (bicyclic) bond motifs is 1. The maximum absolute atomic E-state index is 12.3. The van der Waals surface area contributed by atoms with Gasteiger partial charge >= 0.3 is 6.09 Å². The quantitative estimate of drug-likeness (QED) is 0.835. The molecule has 3 aliphatic rings. The Balaban J connectivity index is 1.52. The van der Waals surface area contributed by atoms with Gasteiger partial charge < -0.3 is 20.1 Å². The molecule has 6 nitrogen and oxygen atoms in total. The number of carbonyl (C=O) groups excluding carboxylic acids is 1. The van der Waals surface area contributed by atoms with Crippen molar-refractivity contribution in [1.29, 1.82) is 0 Å². The van der Waals surface area contributed by atoms with Gasteiger partial charge in [-0.05, 0) is 18.6 Å². The minimum Gasteiger partial charge on any atom is -0.508 e. The van der Waals surface area contributed by atoms with Crippen molar-refractivity contribution in [1.82, 2.24) is 15.1 Å². The molecular formula is C17H21Cl2N3O3. The Hall–Kier alpha value is -1.21. The molecule has 0 aliphatic carbocycles. The average molecular weight is 386 g/mol. The number of phenols is 1. The summed E-state index contributed by atoms with van der Waals surface area (Å²) in [6, 6.07) is 3.16. The van der Waals surface area contributed by atoms with Gasteiger partial charge in [-0.15, -0.1) is 0 Å². The van der Waals surface area contributed by atoms with E-state index in [0.717, 1.165) is 39.1 Å². The molecule has 2 N–H and O–H groups in total. The maximum Gasteiger partial charge on any atom is 0.410 e. The topological polar surface area (TPSA) is 65.0 Å². The van der Waals surface area contributed by atoms with Gasteiger partial charge in [-0.25, -0.2) is 4.79 Å². The zero-order valence-electron chi connectivity index (χ0n) is 13.8. The highest BCUT2D eigenvalue weighted by Gasteiger charge is 2.49. The highest BCUT2D eigenvalue weighted by atomic mass is 35.5. The molecule has 0 radical (unpaired) electrons. The number of halogens is 2. The molecule has 3 aliphatic heterocycles. The molecule has 3 fully saturated rings. The lowest BCUT2D eigenvalue weighted by Gasteiger charge is -2.30. The van der Waals surface area contributed by atoms with Crippen molar-refractivity contribution in [3.05, 3.63) is 27.7 Å². The van der Waals surface area contributed by atoms with Crippen LogP contribution in [0.25, 0.3) is 0 Å². The van der Waals surface area contributed by atoms with Gasteiger partial charge in [0.1, 0.15) is 11.9 Å². The molecular weight excluding hydrogens is 365 g/mol. The minimum absolute atomic E-state index is 0.0156. The summed E-state index contributed by atoms with van der Waals surface area (Å²) < 4.78 is 5.60. The Kier molecular flexibility index (Phi) is 4.71. The molecule has 3 saturated heterocycles. The van der Waals surface area contributed by atoms with Gasteiger partial charge in [0, 0.05) is 50.7 Å². The van der Waals surface area contributed by atoms with Crippen LogP contribution in [-0.2, 0) is 4.74 Å². The molecule has 0 spiro atoms. The van der Waals surface area contributed by atoms with Crippen LogP contribution in [0.5, 0.6) is 5.75 Å². The molecule has 0 saturated carbocycles. The van der Waals surface area contributed by atoms with E-state index in [1.54, 1.807) is 17.0 Å². The fourth-order valence-electron chi connectivity index (χ4n) is 4.17. The number of phenolic OH excluding ortho intramolecular Hbond substituents is 1. The molecule has 1 aromatic rings. The Bertz CT molecular complexity index is 681. The van der Waals surface area contributed by atoms with E-state index in [1.165, 1.54) is 0 Å². The Morgan fingerprint density at radius 1 is 1.28 bits per heavy atom. The van der Waals surface area contributed by atoms with Crippen LogP contribution >= 0.6 is 23.2 Å². The summed E-state index contributed by atoms with van der Waals surface area (Å²) in [5, 5.41) is 14.4. The maximum atomic E-state index is 12.3. The van der Waals surface area contributed by atoms with Gasteiger partial charge in [-0.2, -0.15) is 0 Å². The summed E-state index contributed by atoms with van der Waals surface area (Å²) in [7, 11) is 0. The molecule has 3 heterocycles. The predicted molar refractivity (Wildman–Crippen MR) is 95.6 cm³/mol. The van der Waals surface area contributed by atoms with Gasteiger partial charge in [0.2, 0.25) is 0 Å². The number of aromatic hydroxyl groups is 1. The third-order valence-electron chi connectivity index (χ3n) is 5.42. The number of rotatable bonds is 3. The van der Waals surface area contributed by atoms with Gasteiger partial charge in [0.15, 0.2) is 0 Å². The molecule has 8 heteroatoms. The van der Waals surface area contributed by atoms with Crippen LogP contribution in [0.4, 0.5) is 4.79 Å². The number of piperazine rings is 1. The number of cyclic esters (lactones) is 1. The number of hydrogen-bond donors (Lipinski definition) is 2. The van der Waals surface area contributed by atoms with E-state index in [4.69, 9.17) is 27.9 Å². The van der Waals surface area contributed by atoms with Crippen molar-refractivity contribution in [3.63, 3.8) is 0 Å². The number of hydrogen-bond acceptors (Lipinski definition) is 5. The molecule has 1 unspecified atom stereocenters. The standard InChI is InChI=1S/C17H21Cl2N3O3/c18-11-1-2-13(23)15(16(11)19)10-7-12-14(25-17(24)22(12)8-10)9-21-5-3-20-4-6-21/h1-2,10,12,14,20,23H,3-9H2/t10-,12-,14?/m0/s1. The van der Waals surface area contributed by atoms with Crippen LogP contribution < -0.4 is 5.32 Å². The summed E-state index contributed by atoms with van der Waals surface area (Å²) >= 11 is 12.4. The minimum atomic E-state index is -0.273. The number of nitrogens with zero attached hydrogens (tertiary/aromatic N) is 2. The predicted octanol–water partition coefficient (Wildman–Crippen LogP) is 2.28. The Morgan fingerprint density at radius 3 is 2.80 bits per heavy atom. The Labute approximate surface area is 156 Å². The summed E-state index contributed by atoms with van der Waals surface area (Å²) in [5.74, 6) is 0.0992. The molecule has 0 bridgehead atoms. The normalized spacial score (nSPS) is 29.8. The third-order valence-corrected chi connectivity index (χ3v) is 6.24. The molecule has 0 aromatic heterocycles. The van der Waals surface area contributed by atoms with Gasteiger partial charge in [-0.1, -0.05) is 23.2 Å². The lowest BCUT2D eigenvalue weighted by molar-refractivity contribution is 0.0894. The lowest BCUT2D eigenvalue weighted by atomic mass is 9.93. The van der Waals surface area contributed by atoms with Crippen molar-refractivity contribution in [2.24, 2.45) is 0 Å². The summed E-state index contributed by atoms with van der Waals surface area (Å²) in [4.78, 5) is 16.4. The smallest absolute Gasteiger partial charge is 0.410 e. The number of carbonyl (C=O) groups is 1. The van der Waals surface area contributed by atoms with Crippen molar-refractivity contribution < 1.29 is 14.6 Å². The zero-order chi connectivity index (χ0) is 17.6. The van der Waals surface area contributed by atoms with E-state index in [9.17, 15) is 9.90 Å². The molecule has 3 atom stereocenters. The molecule has 136 valence electrons. The zero-order valence-corrected chi connectivity index (χ0v) is 15.3. The number of nitrogens with one attached hydrogen (secondary N) is 1. The largest absolute Gasteiger partial charge is 0.508 e. The van der Waals surface area contributed by atoms with E-state index < -0.39 is 0 Å². The van der Waals surface area contributed by atoms with E-state index in [2.05, 4.69) is 10.2 Å². The van der Waals surface area contributed by atoms with Gasteiger partial charge in [0.25, 0.3) is 0 Å². The third kappa shape index (κ3) is 3.16. The van der Waals surface area contributed by atoms with Crippen LogP contribution in [0, 0.1) is 0 Å². The first kappa shape index (κ1) is 17.2.